The number of halogens is 2. The second-order valence-corrected chi connectivity index (χ2v) is 4.17. The lowest BCUT2D eigenvalue weighted by atomic mass is 10.0. The molecule has 0 aliphatic rings. The van der Waals surface area contributed by atoms with Crippen molar-refractivity contribution in [3.8, 4) is 0 Å². The molecule has 0 radical (unpaired) electrons. The molecule has 1 rings (SSSR count). The lowest BCUT2D eigenvalue weighted by molar-refractivity contribution is 0.252. The van der Waals surface area contributed by atoms with Crippen LogP contribution in [-0.2, 0) is 0 Å². The van der Waals surface area contributed by atoms with Crippen molar-refractivity contribution >= 4 is 11.8 Å². The number of hydrogen-bond acceptors (Lipinski definition) is 1. The maximum absolute atomic E-state index is 11.9. The van der Waals surface area contributed by atoms with E-state index in [2.05, 4.69) is 13.8 Å². The SMILES string of the molecule is CC(C)c1ccc(SC(F)F)cc1. The Kier molecular flexibility index (Phi) is 3.72. The molecule has 3 heteroatoms. The average molecular weight is 202 g/mol. The molecule has 13 heavy (non-hydrogen) atoms. The summed E-state index contributed by atoms with van der Waals surface area (Å²) in [6.45, 7) is 4.16. The Morgan fingerprint density at radius 2 is 1.62 bits per heavy atom. The second kappa shape index (κ2) is 4.61. The van der Waals surface area contributed by atoms with Gasteiger partial charge in [-0.1, -0.05) is 37.7 Å². The Bertz CT molecular complexity index is 254. The Morgan fingerprint density at radius 1 is 1.08 bits per heavy atom. The molecule has 0 bridgehead atoms. The van der Waals surface area contributed by atoms with Crippen LogP contribution in [0.2, 0.25) is 0 Å². The van der Waals surface area contributed by atoms with E-state index >= 15 is 0 Å². The second-order valence-electron chi connectivity index (χ2n) is 3.10. The van der Waals surface area contributed by atoms with Crippen molar-refractivity contribution in [2.24, 2.45) is 0 Å². The van der Waals surface area contributed by atoms with Crippen LogP contribution in [0.1, 0.15) is 25.3 Å². The molecule has 0 N–H and O–H groups in total. The van der Waals surface area contributed by atoms with Gasteiger partial charge >= 0.3 is 0 Å². The van der Waals surface area contributed by atoms with Gasteiger partial charge in [0.25, 0.3) is 5.76 Å². The number of thioether (sulfide) groups is 1. The molecule has 0 spiro atoms. The summed E-state index contributed by atoms with van der Waals surface area (Å²) < 4.78 is 23.9. The van der Waals surface area contributed by atoms with Crippen LogP contribution < -0.4 is 0 Å². The summed E-state index contributed by atoms with van der Waals surface area (Å²) in [5, 5.41) is 0. The zero-order chi connectivity index (χ0) is 9.84. The molecule has 0 aliphatic carbocycles. The number of alkyl halides is 2. The summed E-state index contributed by atoms with van der Waals surface area (Å²) in [6, 6.07) is 7.28. The highest BCUT2D eigenvalue weighted by molar-refractivity contribution is 7.99. The summed E-state index contributed by atoms with van der Waals surface area (Å²) in [4.78, 5) is 0.624. The van der Waals surface area contributed by atoms with Crippen molar-refractivity contribution in [2.75, 3.05) is 0 Å². The number of rotatable bonds is 3. The smallest absolute Gasteiger partial charge is 0.198 e. The molecule has 0 aromatic heterocycles. The first-order valence-corrected chi connectivity index (χ1v) is 5.02. The number of hydrogen-bond donors (Lipinski definition) is 0. The summed E-state index contributed by atoms with van der Waals surface area (Å²) in [6.07, 6.45) is 0. The van der Waals surface area contributed by atoms with Crippen LogP contribution in [0, 0.1) is 0 Å². The lowest BCUT2D eigenvalue weighted by Gasteiger charge is -2.05. The van der Waals surface area contributed by atoms with Crippen LogP contribution in [0.4, 0.5) is 8.78 Å². The van der Waals surface area contributed by atoms with Gasteiger partial charge in [-0.05, 0) is 23.6 Å². The van der Waals surface area contributed by atoms with E-state index in [1.165, 1.54) is 5.56 Å². The summed E-state index contributed by atoms with van der Waals surface area (Å²) >= 11 is 0.586. The average Bonchev–Trinajstić information content (AvgIpc) is 2.04. The fraction of sp³-hybridized carbons (Fsp3) is 0.400. The van der Waals surface area contributed by atoms with Crippen LogP contribution in [0.3, 0.4) is 0 Å². The van der Waals surface area contributed by atoms with E-state index in [0.717, 1.165) is 0 Å². The predicted octanol–water partition coefficient (Wildman–Crippen LogP) is 4.12. The zero-order valence-corrected chi connectivity index (χ0v) is 8.44. The summed E-state index contributed by atoms with van der Waals surface area (Å²) in [5.41, 5.74) is 1.18. The van der Waals surface area contributed by atoms with Crippen LogP contribution >= 0.6 is 11.8 Å². The molecule has 72 valence electrons. The fourth-order valence-corrected chi connectivity index (χ4v) is 1.53. The third kappa shape index (κ3) is 3.35. The first kappa shape index (κ1) is 10.5. The van der Waals surface area contributed by atoms with Gasteiger partial charge < -0.3 is 0 Å². The molecule has 0 atom stereocenters. The van der Waals surface area contributed by atoms with E-state index in [0.29, 0.717) is 22.6 Å². The third-order valence-electron chi connectivity index (χ3n) is 1.77. The number of benzene rings is 1. The van der Waals surface area contributed by atoms with E-state index in [1.54, 1.807) is 12.1 Å². The maximum atomic E-state index is 11.9. The van der Waals surface area contributed by atoms with Crippen molar-refractivity contribution in [1.82, 2.24) is 0 Å². The minimum absolute atomic E-state index is 0.450. The highest BCUT2D eigenvalue weighted by atomic mass is 32.2. The monoisotopic (exact) mass is 202 g/mol. The van der Waals surface area contributed by atoms with E-state index in [-0.39, 0.29) is 0 Å². The Hall–Kier alpha value is -0.570. The van der Waals surface area contributed by atoms with Crippen molar-refractivity contribution < 1.29 is 8.78 Å². The van der Waals surface area contributed by atoms with Gasteiger partial charge in [0.2, 0.25) is 0 Å². The highest BCUT2D eigenvalue weighted by Gasteiger charge is 2.05. The van der Waals surface area contributed by atoms with Crippen molar-refractivity contribution in [3.05, 3.63) is 29.8 Å². The molecule has 1 aromatic carbocycles. The van der Waals surface area contributed by atoms with E-state index in [4.69, 9.17) is 0 Å². The van der Waals surface area contributed by atoms with Gasteiger partial charge in [-0.2, -0.15) is 8.78 Å². The van der Waals surface area contributed by atoms with Gasteiger partial charge in [0.1, 0.15) is 0 Å². The summed E-state index contributed by atoms with van der Waals surface area (Å²) in [5.74, 6) is -1.88. The van der Waals surface area contributed by atoms with Gasteiger partial charge in [0.15, 0.2) is 0 Å². The van der Waals surface area contributed by atoms with Crippen LogP contribution in [-0.4, -0.2) is 5.76 Å². The van der Waals surface area contributed by atoms with Gasteiger partial charge in [-0.15, -0.1) is 0 Å². The van der Waals surface area contributed by atoms with E-state index in [1.807, 2.05) is 12.1 Å². The predicted molar refractivity (Wildman–Crippen MR) is 52.4 cm³/mol. The fourth-order valence-electron chi connectivity index (χ4n) is 1.03. The molecule has 0 aliphatic heterocycles. The summed E-state index contributed by atoms with van der Waals surface area (Å²) in [7, 11) is 0. The van der Waals surface area contributed by atoms with Gasteiger partial charge in [0.05, 0.1) is 0 Å². The van der Waals surface area contributed by atoms with E-state index in [9.17, 15) is 8.78 Å². The van der Waals surface area contributed by atoms with Gasteiger partial charge in [-0.25, -0.2) is 0 Å². The maximum Gasteiger partial charge on any atom is 0.288 e. The standard InChI is InChI=1S/C10H12F2S/c1-7(2)8-3-5-9(6-4-8)13-10(11)12/h3-7,10H,1-2H3. The Labute approximate surface area is 81.3 Å². The van der Waals surface area contributed by atoms with Crippen molar-refractivity contribution in [1.29, 1.82) is 0 Å². The largest absolute Gasteiger partial charge is 0.288 e. The minimum atomic E-state index is -2.33. The van der Waals surface area contributed by atoms with Crippen LogP contribution in [0.25, 0.3) is 0 Å². The van der Waals surface area contributed by atoms with Crippen LogP contribution in [0.15, 0.2) is 29.2 Å². The van der Waals surface area contributed by atoms with Crippen LogP contribution in [0.5, 0.6) is 0 Å². The quantitative estimate of drug-likeness (QED) is 0.664. The molecule has 0 saturated carbocycles. The lowest BCUT2D eigenvalue weighted by Crippen LogP contribution is -1.87. The molecule has 0 nitrogen and oxygen atoms in total. The molecule has 0 heterocycles. The zero-order valence-electron chi connectivity index (χ0n) is 7.63. The molecule has 0 amide bonds. The first-order chi connectivity index (χ1) is 6.09. The highest BCUT2D eigenvalue weighted by Crippen LogP contribution is 2.26. The van der Waals surface area contributed by atoms with Gasteiger partial charge in [0, 0.05) is 4.90 Å². The Morgan fingerprint density at radius 3 is 2.00 bits per heavy atom. The normalized spacial score (nSPS) is 11.2. The molecule has 0 fully saturated rings. The molecular formula is C10H12F2S. The third-order valence-corrected chi connectivity index (χ3v) is 2.49. The Balaban J connectivity index is 2.70. The molecule has 1 aromatic rings. The van der Waals surface area contributed by atoms with Gasteiger partial charge in [-0.3, -0.25) is 0 Å². The van der Waals surface area contributed by atoms with Crippen molar-refractivity contribution in [3.63, 3.8) is 0 Å². The van der Waals surface area contributed by atoms with Crippen molar-refractivity contribution in [2.45, 2.75) is 30.4 Å². The van der Waals surface area contributed by atoms with E-state index < -0.39 is 5.76 Å². The molecular weight excluding hydrogens is 190 g/mol. The molecule has 0 unspecified atom stereocenters. The minimum Gasteiger partial charge on any atom is -0.198 e. The first-order valence-electron chi connectivity index (χ1n) is 4.14. The molecule has 0 saturated heterocycles. The topological polar surface area (TPSA) is 0 Å².